The van der Waals surface area contributed by atoms with Gasteiger partial charge in [-0.05, 0) is 30.7 Å². The van der Waals surface area contributed by atoms with Crippen molar-refractivity contribution < 1.29 is 9.53 Å². The fraction of sp³-hybridized carbons (Fsp3) is 0.375. The summed E-state index contributed by atoms with van der Waals surface area (Å²) in [5.74, 6) is -0.0747. The van der Waals surface area contributed by atoms with E-state index in [2.05, 4.69) is 10.4 Å². The van der Waals surface area contributed by atoms with Crippen LogP contribution in [0.25, 0.3) is 5.69 Å². The molecule has 1 heterocycles. The molecule has 0 spiro atoms. The van der Waals surface area contributed by atoms with E-state index in [1.807, 2.05) is 43.5 Å². The molecule has 22 heavy (non-hydrogen) atoms. The standard InChI is InChI=1S/C16H22N4O2/c1-12(19-16(21)10-15(11-17)22-2)13-5-3-6-14(9-13)20-8-4-7-18-20/h3-9,12,15H,10-11,17H2,1-2H3,(H,19,21). The first-order valence-corrected chi connectivity index (χ1v) is 7.26. The van der Waals surface area contributed by atoms with Gasteiger partial charge in [0.25, 0.3) is 0 Å². The number of nitrogens with two attached hydrogens (primary N) is 1. The average Bonchev–Trinajstić information content (AvgIpc) is 3.07. The Hall–Kier alpha value is -2.18. The van der Waals surface area contributed by atoms with Gasteiger partial charge in [0.05, 0.1) is 24.3 Å². The molecule has 0 aliphatic rings. The first-order chi connectivity index (χ1) is 10.6. The molecule has 2 aromatic rings. The van der Waals surface area contributed by atoms with Crippen LogP contribution in [0.1, 0.15) is 24.9 Å². The van der Waals surface area contributed by atoms with Crippen LogP contribution in [0.5, 0.6) is 0 Å². The molecule has 1 amide bonds. The van der Waals surface area contributed by atoms with E-state index < -0.39 is 0 Å². The minimum absolute atomic E-state index is 0.0747. The number of hydrogen-bond donors (Lipinski definition) is 2. The second-order valence-corrected chi connectivity index (χ2v) is 5.13. The highest BCUT2D eigenvalue weighted by molar-refractivity contribution is 5.77. The van der Waals surface area contributed by atoms with Crippen LogP contribution in [0.3, 0.4) is 0 Å². The van der Waals surface area contributed by atoms with E-state index in [1.165, 1.54) is 0 Å². The first-order valence-electron chi connectivity index (χ1n) is 7.26. The summed E-state index contributed by atoms with van der Waals surface area (Å²) >= 11 is 0. The van der Waals surface area contributed by atoms with E-state index in [0.717, 1.165) is 11.3 Å². The average molecular weight is 302 g/mol. The summed E-state index contributed by atoms with van der Waals surface area (Å²) in [6.45, 7) is 2.28. The number of benzene rings is 1. The molecule has 0 saturated carbocycles. The number of amides is 1. The van der Waals surface area contributed by atoms with Gasteiger partial charge >= 0.3 is 0 Å². The fourth-order valence-corrected chi connectivity index (χ4v) is 2.21. The van der Waals surface area contributed by atoms with Gasteiger partial charge in [-0.15, -0.1) is 0 Å². The molecule has 2 rings (SSSR count). The van der Waals surface area contributed by atoms with Crippen LogP contribution < -0.4 is 11.1 Å². The maximum Gasteiger partial charge on any atom is 0.223 e. The Labute approximate surface area is 130 Å². The van der Waals surface area contributed by atoms with Gasteiger partial charge in [-0.2, -0.15) is 5.10 Å². The number of carbonyl (C=O) groups is 1. The predicted octanol–water partition coefficient (Wildman–Crippen LogP) is 1.41. The third kappa shape index (κ3) is 4.16. The highest BCUT2D eigenvalue weighted by Crippen LogP contribution is 2.16. The van der Waals surface area contributed by atoms with Crippen molar-refractivity contribution in [2.75, 3.05) is 13.7 Å². The van der Waals surface area contributed by atoms with Crippen molar-refractivity contribution in [1.82, 2.24) is 15.1 Å². The second-order valence-electron chi connectivity index (χ2n) is 5.13. The SMILES string of the molecule is COC(CN)CC(=O)NC(C)c1cccc(-n2cccn2)c1. The zero-order chi connectivity index (χ0) is 15.9. The van der Waals surface area contributed by atoms with Crippen LogP contribution in [-0.4, -0.2) is 35.4 Å². The Morgan fingerprint density at radius 1 is 1.45 bits per heavy atom. The van der Waals surface area contributed by atoms with E-state index in [-0.39, 0.29) is 24.5 Å². The molecule has 1 aromatic heterocycles. The van der Waals surface area contributed by atoms with Crippen molar-refractivity contribution in [1.29, 1.82) is 0 Å². The smallest absolute Gasteiger partial charge is 0.223 e. The van der Waals surface area contributed by atoms with Crippen LogP contribution in [0, 0.1) is 0 Å². The highest BCUT2D eigenvalue weighted by Gasteiger charge is 2.15. The van der Waals surface area contributed by atoms with Crippen LogP contribution in [-0.2, 0) is 9.53 Å². The predicted molar refractivity (Wildman–Crippen MR) is 84.6 cm³/mol. The molecule has 0 aliphatic carbocycles. The number of ether oxygens (including phenoxy) is 1. The molecule has 118 valence electrons. The fourth-order valence-electron chi connectivity index (χ4n) is 2.21. The lowest BCUT2D eigenvalue weighted by molar-refractivity contribution is -0.124. The lowest BCUT2D eigenvalue weighted by Gasteiger charge is -2.18. The quantitative estimate of drug-likeness (QED) is 0.810. The molecular formula is C16H22N4O2. The molecular weight excluding hydrogens is 280 g/mol. The summed E-state index contributed by atoms with van der Waals surface area (Å²) in [5.41, 5.74) is 7.51. The van der Waals surface area contributed by atoms with Crippen molar-refractivity contribution >= 4 is 5.91 Å². The number of hydrogen-bond acceptors (Lipinski definition) is 4. The Balaban J connectivity index is 2.02. The maximum atomic E-state index is 12.0. The normalized spacial score (nSPS) is 13.6. The van der Waals surface area contributed by atoms with Crippen LogP contribution in [0.15, 0.2) is 42.7 Å². The number of nitrogens with one attached hydrogen (secondary N) is 1. The van der Waals surface area contributed by atoms with E-state index in [4.69, 9.17) is 10.5 Å². The largest absolute Gasteiger partial charge is 0.380 e. The summed E-state index contributed by atoms with van der Waals surface area (Å²) in [5, 5.41) is 7.17. The molecule has 2 unspecified atom stereocenters. The summed E-state index contributed by atoms with van der Waals surface area (Å²) in [7, 11) is 1.56. The molecule has 1 aromatic carbocycles. The van der Waals surface area contributed by atoms with Gasteiger partial charge in [0.1, 0.15) is 0 Å². The molecule has 0 fully saturated rings. The van der Waals surface area contributed by atoms with Gasteiger partial charge in [-0.25, -0.2) is 4.68 Å². The molecule has 0 saturated heterocycles. The molecule has 2 atom stereocenters. The van der Waals surface area contributed by atoms with Crippen molar-refractivity contribution in [3.8, 4) is 5.69 Å². The lowest BCUT2D eigenvalue weighted by Crippen LogP contribution is -2.33. The second kappa shape index (κ2) is 7.72. The first kappa shape index (κ1) is 16.2. The van der Waals surface area contributed by atoms with E-state index in [9.17, 15) is 4.79 Å². The van der Waals surface area contributed by atoms with Crippen molar-refractivity contribution in [2.24, 2.45) is 5.73 Å². The van der Waals surface area contributed by atoms with Gasteiger partial charge in [-0.1, -0.05) is 12.1 Å². The number of carbonyl (C=O) groups excluding carboxylic acids is 1. The van der Waals surface area contributed by atoms with Gasteiger partial charge in [0, 0.05) is 26.0 Å². The minimum atomic E-state index is -0.248. The summed E-state index contributed by atoms with van der Waals surface area (Å²) < 4.78 is 6.91. The third-order valence-electron chi connectivity index (χ3n) is 3.53. The van der Waals surface area contributed by atoms with E-state index in [1.54, 1.807) is 18.0 Å². The Morgan fingerprint density at radius 2 is 2.27 bits per heavy atom. The summed E-state index contributed by atoms with van der Waals surface area (Å²) in [4.78, 5) is 12.0. The highest BCUT2D eigenvalue weighted by atomic mass is 16.5. The monoisotopic (exact) mass is 302 g/mol. The molecule has 6 nitrogen and oxygen atoms in total. The van der Waals surface area contributed by atoms with Crippen LogP contribution >= 0.6 is 0 Å². The topological polar surface area (TPSA) is 82.2 Å². The Morgan fingerprint density at radius 3 is 2.91 bits per heavy atom. The summed E-state index contributed by atoms with van der Waals surface area (Å²) in [6, 6.07) is 9.69. The molecule has 0 aliphatic heterocycles. The van der Waals surface area contributed by atoms with Crippen molar-refractivity contribution in [2.45, 2.75) is 25.5 Å². The van der Waals surface area contributed by atoms with Gasteiger partial charge in [-0.3, -0.25) is 4.79 Å². The van der Waals surface area contributed by atoms with Crippen LogP contribution in [0.2, 0.25) is 0 Å². The van der Waals surface area contributed by atoms with Crippen LogP contribution in [0.4, 0.5) is 0 Å². The minimum Gasteiger partial charge on any atom is -0.380 e. The molecule has 6 heteroatoms. The van der Waals surface area contributed by atoms with Crippen molar-refractivity contribution in [3.63, 3.8) is 0 Å². The van der Waals surface area contributed by atoms with Gasteiger partial charge in [0.2, 0.25) is 5.91 Å². The van der Waals surface area contributed by atoms with Gasteiger partial charge in [0.15, 0.2) is 0 Å². The zero-order valence-corrected chi connectivity index (χ0v) is 12.9. The maximum absolute atomic E-state index is 12.0. The van der Waals surface area contributed by atoms with E-state index in [0.29, 0.717) is 6.54 Å². The Bertz CT molecular complexity index is 594. The number of nitrogens with zero attached hydrogens (tertiary/aromatic N) is 2. The zero-order valence-electron chi connectivity index (χ0n) is 12.9. The molecule has 0 radical (unpaired) electrons. The Kier molecular flexibility index (Phi) is 5.68. The number of aromatic nitrogens is 2. The number of methoxy groups -OCH3 is 1. The summed E-state index contributed by atoms with van der Waals surface area (Å²) in [6.07, 6.45) is 3.63. The number of rotatable bonds is 7. The third-order valence-corrected chi connectivity index (χ3v) is 3.53. The molecule has 3 N–H and O–H groups in total. The van der Waals surface area contributed by atoms with Crippen molar-refractivity contribution in [3.05, 3.63) is 48.3 Å². The molecule has 0 bridgehead atoms. The van der Waals surface area contributed by atoms with Gasteiger partial charge < -0.3 is 15.8 Å². The van der Waals surface area contributed by atoms with E-state index >= 15 is 0 Å². The lowest BCUT2D eigenvalue weighted by atomic mass is 10.1.